The first kappa shape index (κ1) is 24.3. The molecule has 2 fully saturated rings. The summed E-state index contributed by atoms with van der Waals surface area (Å²) >= 11 is 0. The van der Waals surface area contributed by atoms with Crippen LogP contribution in [0.5, 0.6) is 11.5 Å². The zero-order valence-corrected chi connectivity index (χ0v) is 20.0. The lowest BCUT2D eigenvalue weighted by atomic mass is 10.1. The molecule has 0 bridgehead atoms. The largest absolute Gasteiger partial charge is 0.497 e. The van der Waals surface area contributed by atoms with Gasteiger partial charge < -0.3 is 24.8 Å². The Morgan fingerprint density at radius 2 is 1.80 bits per heavy atom. The molecule has 10 nitrogen and oxygen atoms in total. The van der Waals surface area contributed by atoms with E-state index in [-0.39, 0.29) is 30.4 Å². The van der Waals surface area contributed by atoms with Crippen molar-refractivity contribution in [2.75, 3.05) is 58.4 Å². The molecule has 1 atom stereocenters. The monoisotopic (exact) mass is 481 g/mol. The molecule has 2 aliphatic rings. The average Bonchev–Trinajstić information content (AvgIpc) is 3.24. The van der Waals surface area contributed by atoms with Crippen molar-refractivity contribution in [3.8, 4) is 11.5 Å². The van der Waals surface area contributed by atoms with Gasteiger partial charge in [-0.25, -0.2) is 4.79 Å². The summed E-state index contributed by atoms with van der Waals surface area (Å²) in [6.45, 7) is 3.71. The van der Waals surface area contributed by atoms with Crippen molar-refractivity contribution in [2.45, 2.75) is 12.5 Å². The summed E-state index contributed by atoms with van der Waals surface area (Å²) in [5.74, 6) is 1.39. The number of benzene rings is 2. The SMILES string of the molecule is COc1ccc(OC)c(CC(=O)N2CCN(CC3CN(c4ccc(C(=N)N)cc4)C(=O)O3)CC2)c1. The van der Waals surface area contributed by atoms with Crippen LogP contribution < -0.4 is 20.1 Å². The minimum absolute atomic E-state index is 0.0151. The van der Waals surface area contributed by atoms with E-state index in [0.29, 0.717) is 62.0 Å². The van der Waals surface area contributed by atoms with Gasteiger partial charge >= 0.3 is 6.09 Å². The van der Waals surface area contributed by atoms with Crippen molar-refractivity contribution in [2.24, 2.45) is 5.73 Å². The van der Waals surface area contributed by atoms with Crippen LogP contribution in [-0.2, 0) is 16.0 Å². The maximum absolute atomic E-state index is 12.9. The summed E-state index contributed by atoms with van der Waals surface area (Å²) in [7, 11) is 3.18. The van der Waals surface area contributed by atoms with Gasteiger partial charge in [0.25, 0.3) is 0 Å². The van der Waals surface area contributed by atoms with Crippen LogP contribution in [0, 0.1) is 5.41 Å². The van der Waals surface area contributed by atoms with Crippen LogP contribution in [0.1, 0.15) is 11.1 Å². The van der Waals surface area contributed by atoms with Crippen LogP contribution in [-0.4, -0.2) is 87.2 Å². The fourth-order valence-electron chi connectivity index (χ4n) is 4.41. The van der Waals surface area contributed by atoms with E-state index in [2.05, 4.69) is 4.90 Å². The number of nitrogen functional groups attached to an aromatic ring is 1. The summed E-state index contributed by atoms with van der Waals surface area (Å²) in [4.78, 5) is 31.0. The maximum atomic E-state index is 12.9. The minimum atomic E-state index is -0.383. The van der Waals surface area contributed by atoms with Gasteiger partial charge in [0.1, 0.15) is 23.4 Å². The Morgan fingerprint density at radius 1 is 1.09 bits per heavy atom. The molecule has 2 aliphatic heterocycles. The predicted octanol–water partition coefficient (Wildman–Crippen LogP) is 1.70. The van der Waals surface area contributed by atoms with Crippen molar-refractivity contribution < 1.29 is 23.8 Å². The molecule has 4 rings (SSSR count). The first-order valence-corrected chi connectivity index (χ1v) is 11.5. The third kappa shape index (κ3) is 5.65. The molecule has 2 heterocycles. The summed E-state index contributed by atoms with van der Waals surface area (Å²) in [6.07, 6.45) is -0.386. The number of piperazine rings is 1. The number of anilines is 1. The van der Waals surface area contributed by atoms with E-state index in [4.69, 9.17) is 25.4 Å². The lowest BCUT2D eigenvalue weighted by Gasteiger charge is -2.35. The minimum Gasteiger partial charge on any atom is -0.497 e. The maximum Gasteiger partial charge on any atom is 0.414 e. The fourth-order valence-corrected chi connectivity index (χ4v) is 4.41. The molecule has 35 heavy (non-hydrogen) atoms. The normalized spacial score (nSPS) is 18.3. The molecule has 2 amide bonds. The van der Waals surface area contributed by atoms with E-state index in [1.54, 1.807) is 43.4 Å². The number of hydrogen-bond donors (Lipinski definition) is 2. The van der Waals surface area contributed by atoms with E-state index in [1.807, 2.05) is 23.1 Å². The number of nitrogens with zero attached hydrogens (tertiary/aromatic N) is 3. The number of amides is 2. The molecule has 2 aromatic rings. The van der Waals surface area contributed by atoms with Crippen LogP contribution in [0.4, 0.5) is 10.5 Å². The first-order valence-electron chi connectivity index (χ1n) is 11.5. The molecule has 0 spiro atoms. The van der Waals surface area contributed by atoms with E-state index in [0.717, 1.165) is 5.56 Å². The average molecular weight is 482 g/mol. The highest BCUT2D eigenvalue weighted by molar-refractivity contribution is 5.96. The van der Waals surface area contributed by atoms with Crippen molar-refractivity contribution in [1.82, 2.24) is 9.80 Å². The molecular formula is C25H31N5O5. The van der Waals surface area contributed by atoms with Gasteiger partial charge in [0.05, 0.1) is 27.2 Å². The van der Waals surface area contributed by atoms with Gasteiger partial charge in [-0.2, -0.15) is 0 Å². The van der Waals surface area contributed by atoms with Gasteiger partial charge in [-0.15, -0.1) is 0 Å². The smallest absolute Gasteiger partial charge is 0.414 e. The van der Waals surface area contributed by atoms with E-state index < -0.39 is 0 Å². The Balaban J connectivity index is 1.27. The second kappa shape index (κ2) is 10.6. The zero-order valence-electron chi connectivity index (χ0n) is 20.0. The van der Waals surface area contributed by atoms with Crippen molar-refractivity contribution >= 4 is 23.5 Å². The highest BCUT2D eigenvalue weighted by atomic mass is 16.6. The second-order valence-electron chi connectivity index (χ2n) is 8.61. The Morgan fingerprint density at radius 3 is 2.43 bits per heavy atom. The van der Waals surface area contributed by atoms with E-state index in [1.165, 1.54) is 0 Å². The van der Waals surface area contributed by atoms with Crippen LogP contribution in [0.2, 0.25) is 0 Å². The second-order valence-corrected chi connectivity index (χ2v) is 8.61. The molecule has 186 valence electrons. The molecule has 2 aromatic carbocycles. The highest BCUT2D eigenvalue weighted by Gasteiger charge is 2.34. The number of ether oxygens (including phenoxy) is 3. The van der Waals surface area contributed by atoms with Gasteiger partial charge in [0.2, 0.25) is 5.91 Å². The Bertz CT molecular complexity index is 1080. The third-order valence-electron chi connectivity index (χ3n) is 6.38. The molecule has 0 aromatic heterocycles. The lowest BCUT2D eigenvalue weighted by molar-refractivity contribution is -0.132. The molecular weight excluding hydrogens is 450 g/mol. The molecule has 2 saturated heterocycles. The van der Waals surface area contributed by atoms with Gasteiger partial charge in [0.15, 0.2) is 0 Å². The molecule has 0 radical (unpaired) electrons. The third-order valence-corrected chi connectivity index (χ3v) is 6.38. The van der Waals surface area contributed by atoms with Crippen LogP contribution >= 0.6 is 0 Å². The van der Waals surface area contributed by atoms with Gasteiger partial charge in [-0.05, 0) is 42.5 Å². The summed E-state index contributed by atoms with van der Waals surface area (Å²) in [6, 6.07) is 12.4. The van der Waals surface area contributed by atoms with Gasteiger partial charge in [0, 0.05) is 49.5 Å². The number of nitrogens with one attached hydrogen (secondary N) is 1. The topological polar surface area (TPSA) is 121 Å². The molecule has 0 aliphatic carbocycles. The van der Waals surface area contributed by atoms with Crippen molar-refractivity contribution in [3.63, 3.8) is 0 Å². The quantitative estimate of drug-likeness (QED) is 0.435. The Kier molecular flexibility index (Phi) is 7.40. The fraction of sp³-hybridized carbons (Fsp3) is 0.400. The number of cyclic esters (lactones) is 1. The number of carbonyl (C=O) groups is 2. The number of amidine groups is 1. The van der Waals surface area contributed by atoms with E-state index in [9.17, 15) is 9.59 Å². The Hall–Kier alpha value is -3.79. The lowest BCUT2D eigenvalue weighted by Crippen LogP contribution is -2.51. The van der Waals surface area contributed by atoms with Crippen molar-refractivity contribution in [3.05, 3.63) is 53.6 Å². The van der Waals surface area contributed by atoms with Gasteiger partial charge in [-0.3, -0.25) is 20.0 Å². The predicted molar refractivity (Wildman–Crippen MR) is 131 cm³/mol. The standard InChI is InChI=1S/C25H31N5O5/c1-33-20-7-8-22(34-2)18(13-20)14-23(31)29-11-9-28(10-12-29)15-21-16-30(25(32)35-21)19-5-3-17(4-6-19)24(26)27/h3-8,13,21H,9-12,14-16H2,1-2H3,(H3,26,27). The van der Waals surface area contributed by atoms with E-state index >= 15 is 0 Å². The summed E-state index contributed by atoms with van der Waals surface area (Å²) < 4.78 is 16.3. The Labute approximate surface area is 204 Å². The molecule has 10 heteroatoms. The molecule has 3 N–H and O–H groups in total. The molecule has 0 saturated carbocycles. The van der Waals surface area contributed by atoms with Crippen LogP contribution in [0.15, 0.2) is 42.5 Å². The number of carbonyl (C=O) groups excluding carboxylic acids is 2. The van der Waals surface area contributed by atoms with Gasteiger partial charge in [-0.1, -0.05) is 0 Å². The van der Waals surface area contributed by atoms with Crippen LogP contribution in [0.3, 0.4) is 0 Å². The van der Waals surface area contributed by atoms with Crippen LogP contribution in [0.25, 0.3) is 0 Å². The number of nitrogens with two attached hydrogens (primary N) is 1. The molecule has 1 unspecified atom stereocenters. The first-order chi connectivity index (χ1) is 16.9. The number of rotatable bonds is 8. The summed E-state index contributed by atoms with van der Waals surface area (Å²) in [5.41, 5.74) is 7.62. The zero-order chi connectivity index (χ0) is 24.9. The number of methoxy groups -OCH3 is 2. The van der Waals surface area contributed by atoms with Crippen molar-refractivity contribution in [1.29, 1.82) is 5.41 Å². The highest BCUT2D eigenvalue weighted by Crippen LogP contribution is 2.26. The number of hydrogen-bond acceptors (Lipinski definition) is 7. The summed E-state index contributed by atoms with van der Waals surface area (Å²) in [5, 5.41) is 7.49.